The molecule has 3 rings (SSSR count). The minimum Gasteiger partial charge on any atom is -0.374 e. The summed E-state index contributed by atoms with van der Waals surface area (Å²) in [5.74, 6) is 0.172. The number of morpholine rings is 1. The van der Waals surface area contributed by atoms with Crippen molar-refractivity contribution in [3.05, 3.63) is 23.6 Å². The number of anilines is 1. The van der Waals surface area contributed by atoms with Gasteiger partial charge in [-0.05, 0) is 25.3 Å². The fraction of sp³-hybridized carbons (Fsp3) is 0.615. The van der Waals surface area contributed by atoms with Crippen LogP contribution in [0.25, 0.3) is 0 Å². The van der Waals surface area contributed by atoms with Gasteiger partial charge in [0.15, 0.2) is 11.6 Å². The van der Waals surface area contributed by atoms with Crippen LogP contribution < -0.4 is 10.6 Å². The van der Waals surface area contributed by atoms with E-state index in [1.165, 1.54) is 0 Å². The van der Waals surface area contributed by atoms with Crippen molar-refractivity contribution < 1.29 is 9.13 Å². The predicted octanol–water partition coefficient (Wildman–Crippen LogP) is 1.44. The minimum atomic E-state index is -0.271. The third kappa shape index (κ3) is 1.87. The molecule has 0 radical (unpaired) electrons. The lowest BCUT2D eigenvalue weighted by molar-refractivity contribution is 0.0250. The Labute approximate surface area is 106 Å². The number of fused-ring (bicyclic) bond motifs is 1. The lowest BCUT2D eigenvalue weighted by atomic mass is 10.1. The zero-order chi connectivity index (χ0) is 12.5. The first kappa shape index (κ1) is 11.9. The molecule has 1 saturated carbocycles. The van der Waals surface area contributed by atoms with Crippen LogP contribution >= 0.6 is 0 Å². The van der Waals surface area contributed by atoms with Gasteiger partial charge in [-0.1, -0.05) is 0 Å². The summed E-state index contributed by atoms with van der Waals surface area (Å²) >= 11 is 0. The van der Waals surface area contributed by atoms with E-state index in [1.54, 1.807) is 12.3 Å². The quantitative estimate of drug-likeness (QED) is 0.864. The zero-order valence-corrected chi connectivity index (χ0v) is 10.3. The molecule has 0 aromatic carbocycles. The molecule has 0 amide bonds. The molecule has 2 atom stereocenters. The lowest BCUT2D eigenvalue weighted by Gasteiger charge is -2.38. The molecule has 2 heterocycles. The van der Waals surface area contributed by atoms with Crippen molar-refractivity contribution in [2.75, 3.05) is 18.1 Å². The maximum Gasteiger partial charge on any atom is 0.170 e. The smallest absolute Gasteiger partial charge is 0.170 e. The van der Waals surface area contributed by atoms with E-state index in [9.17, 15) is 4.39 Å². The standard InChI is InChI=1S/C13H18FN3O/c14-12-9(8-15)4-5-16-13(12)17-6-7-18-11-3-1-2-10(11)17/h4-5,10-11H,1-3,6-8,15H2. The van der Waals surface area contributed by atoms with E-state index in [0.29, 0.717) is 24.5 Å². The first-order valence-corrected chi connectivity index (χ1v) is 6.53. The molecule has 1 aromatic rings. The van der Waals surface area contributed by atoms with Gasteiger partial charge in [0, 0.05) is 24.8 Å². The van der Waals surface area contributed by atoms with Gasteiger partial charge in [-0.15, -0.1) is 0 Å². The molecule has 1 aromatic heterocycles. The molecule has 1 aliphatic heterocycles. The Morgan fingerprint density at radius 1 is 1.50 bits per heavy atom. The average Bonchev–Trinajstić information content (AvgIpc) is 2.87. The number of aromatic nitrogens is 1. The molecular weight excluding hydrogens is 233 g/mol. The fourth-order valence-corrected chi connectivity index (χ4v) is 3.02. The Hall–Kier alpha value is -1.20. The SMILES string of the molecule is NCc1ccnc(N2CCOC3CCCC32)c1F. The molecule has 0 bridgehead atoms. The van der Waals surface area contributed by atoms with E-state index in [-0.39, 0.29) is 24.5 Å². The van der Waals surface area contributed by atoms with Gasteiger partial charge < -0.3 is 15.4 Å². The van der Waals surface area contributed by atoms with Crippen molar-refractivity contribution in [3.8, 4) is 0 Å². The maximum atomic E-state index is 14.3. The Morgan fingerprint density at radius 2 is 2.39 bits per heavy atom. The van der Waals surface area contributed by atoms with E-state index < -0.39 is 0 Å². The number of ether oxygens (including phenoxy) is 1. The molecular formula is C13H18FN3O. The van der Waals surface area contributed by atoms with E-state index in [4.69, 9.17) is 10.5 Å². The van der Waals surface area contributed by atoms with Crippen LogP contribution in [0.1, 0.15) is 24.8 Å². The highest BCUT2D eigenvalue weighted by Crippen LogP contribution is 2.33. The third-order valence-corrected chi connectivity index (χ3v) is 3.92. The van der Waals surface area contributed by atoms with E-state index in [1.807, 2.05) is 0 Å². The van der Waals surface area contributed by atoms with E-state index >= 15 is 0 Å². The van der Waals surface area contributed by atoms with Crippen molar-refractivity contribution >= 4 is 5.82 Å². The van der Waals surface area contributed by atoms with Gasteiger partial charge in [0.2, 0.25) is 0 Å². The normalized spacial score (nSPS) is 27.3. The molecule has 0 spiro atoms. The highest BCUT2D eigenvalue weighted by Gasteiger charge is 2.37. The van der Waals surface area contributed by atoms with Crippen LogP contribution in [-0.4, -0.2) is 30.3 Å². The molecule has 2 N–H and O–H groups in total. The fourth-order valence-electron chi connectivity index (χ4n) is 3.02. The summed E-state index contributed by atoms with van der Waals surface area (Å²) in [7, 11) is 0. The molecule has 2 aliphatic rings. The summed E-state index contributed by atoms with van der Waals surface area (Å²) in [6, 6.07) is 1.92. The molecule has 18 heavy (non-hydrogen) atoms. The van der Waals surface area contributed by atoms with Gasteiger partial charge in [-0.25, -0.2) is 9.37 Å². The van der Waals surface area contributed by atoms with Gasteiger partial charge in [0.1, 0.15) is 0 Å². The van der Waals surface area contributed by atoms with Crippen LogP contribution in [0.3, 0.4) is 0 Å². The number of nitrogens with two attached hydrogens (primary N) is 1. The second-order valence-corrected chi connectivity index (χ2v) is 4.91. The van der Waals surface area contributed by atoms with Crippen LogP contribution in [0.2, 0.25) is 0 Å². The molecule has 2 unspecified atom stereocenters. The van der Waals surface area contributed by atoms with Crippen LogP contribution in [0, 0.1) is 5.82 Å². The molecule has 1 saturated heterocycles. The van der Waals surface area contributed by atoms with Crippen molar-refractivity contribution in [2.45, 2.75) is 38.0 Å². The van der Waals surface area contributed by atoms with Gasteiger partial charge in [0.25, 0.3) is 0 Å². The van der Waals surface area contributed by atoms with Crippen molar-refractivity contribution in [2.24, 2.45) is 5.73 Å². The molecule has 4 nitrogen and oxygen atoms in total. The molecule has 1 aliphatic carbocycles. The Morgan fingerprint density at radius 3 is 3.22 bits per heavy atom. The molecule has 2 fully saturated rings. The summed E-state index contributed by atoms with van der Waals surface area (Å²) in [5.41, 5.74) is 6.07. The Balaban J connectivity index is 1.93. The Kier molecular flexibility index (Phi) is 3.18. The second kappa shape index (κ2) is 4.82. The van der Waals surface area contributed by atoms with E-state index in [0.717, 1.165) is 19.3 Å². The number of hydrogen-bond acceptors (Lipinski definition) is 4. The minimum absolute atomic E-state index is 0.208. The summed E-state index contributed by atoms with van der Waals surface area (Å²) in [4.78, 5) is 6.28. The highest BCUT2D eigenvalue weighted by molar-refractivity contribution is 5.45. The largest absolute Gasteiger partial charge is 0.374 e. The number of hydrogen-bond donors (Lipinski definition) is 1. The van der Waals surface area contributed by atoms with Gasteiger partial charge in [0.05, 0.1) is 18.8 Å². The van der Waals surface area contributed by atoms with Crippen LogP contribution in [-0.2, 0) is 11.3 Å². The first-order chi connectivity index (χ1) is 8.81. The summed E-state index contributed by atoms with van der Waals surface area (Å²) in [6.07, 6.45) is 5.14. The average molecular weight is 251 g/mol. The van der Waals surface area contributed by atoms with Crippen molar-refractivity contribution in [1.29, 1.82) is 0 Å². The van der Waals surface area contributed by atoms with Gasteiger partial charge in [-0.2, -0.15) is 0 Å². The van der Waals surface area contributed by atoms with E-state index in [2.05, 4.69) is 9.88 Å². The van der Waals surface area contributed by atoms with Gasteiger partial charge >= 0.3 is 0 Å². The van der Waals surface area contributed by atoms with Crippen LogP contribution in [0.4, 0.5) is 10.2 Å². The third-order valence-electron chi connectivity index (χ3n) is 3.92. The number of halogens is 1. The first-order valence-electron chi connectivity index (χ1n) is 6.53. The van der Waals surface area contributed by atoms with Crippen molar-refractivity contribution in [1.82, 2.24) is 4.98 Å². The summed E-state index contributed by atoms with van der Waals surface area (Å²) in [5, 5.41) is 0. The zero-order valence-electron chi connectivity index (χ0n) is 10.3. The maximum absolute atomic E-state index is 14.3. The predicted molar refractivity (Wildman–Crippen MR) is 66.8 cm³/mol. The monoisotopic (exact) mass is 251 g/mol. The van der Waals surface area contributed by atoms with Gasteiger partial charge in [-0.3, -0.25) is 0 Å². The highest BCUT2D eigenvalue weighted by atomic mass is 19.1. The number of pyridine rings is 1. The topological polar surface area (TPSA) is 51.4 Å². The summed E-state index contributed by atoms with van der Waals surface area (Å²) < 4.78 is 20.0. The number of nitrogens with zero attached hydrogens (tertiary/aromatic N) is 2. The molecule has 5 heteroatoms. The Bertz CT molecular complexity index is 440. The second-order valence-electron chi connectivity index (χ2n) is 4.91. The number of rotatable bonds is 2. The van der Waals surface area contributed by atoms with Crippen LogP contribution in [0.5, 0.6) is 0 Å². The van der Waals surface area contributed by atoms with Crippen LogP contribution in [0.15, 0.2) is 12.3 Å². The molecule has 98 valence electrons. The summed E-state index contributed by atoms with van der Waals surface area (Å²) in [6.45, 7) is 1.56. The lowest BCUT2D eigenvalue weighted by Crippen LogP contribution is -2.49. The van der Waals surface area contributed by atoms with Crippen molar-refractivity contribution in [3.63, 3.8) is 0 Å².